The third kappa shape index (κ3) is 2.91. The fourth-order valence-corrected chi connectivity index (χ4v) is 3.18. The summed E-state index contributed by atoms with van der Waals surface area (Å²) in [4.78, 5) is 9.04. The molecule has 2 nitrogen and oxygen atoms in total. The molecular formula is C13H8BrCl2IN2. The lowest BCUT2D eigenvalue weighted by atomic mass is 10.2. The molecule has 0 atom stereocenters. The minimum atomic E-state index is 0.526. The van der Waals surface area contributed by atoms with Crippen molar-refractivity contribution in [1.82, 2.24) is 9.97 Å². The van der Waals surface area contributed by atoms with Gasteiger partial charge in [-0.05, 0) is 69.6 Å². The molecule has 0 radical (unpaired) electrons. The molecule has 98 valence electrons. The molecule has 6 heteroatoms. The van der Waals surface area contributed by atoms with E-state index in [4.69, 9.17) is 23.2 Å². The molecule has 2 aromatic rings. The van der Waals surface area contributed by atoms with Crippen LogP contribution in [0.1, 0.15) is 24.5 Å². The standard InChI is InChI=1S/C13H8BrCl2IN2/c14-8-5-7(3-4-9(8)15)13-18-11(6-1-2-6)10(17)12(16)19-13/h3-6H,1-2H2. The van der Waals surface area contributed by atoms with Crippen LogP contribution in [0.3, 0.4) is 0 Å². The van der Waals surface area contributed by atoms with Crippen molar-refractivity contribution in [2.45, 2.75) is 18.8 Å². The first-order valence-electron chi connectivity index (χ1n) is 5.74. The van der Waals surface area contributed by atoms with Crippen molar-refractivity contribution < 1.29 is 0 Å². The monoisotopic (exact) mass is 468 g/mol. The van der Waals surface area contributed by atoms with E-state index >= 15 is 0 Å². The lowest BCUT2D eigenvalue weighted by Gasteiger charge is -2.08. The van der Waals surface area contributed by atoms with Crippen LogP contribution in [0.25, 0.3) is 11.4 Å². The Bertz CT molecular complexity index is 659. The largest absolute Gasteiger partial charge is 0.232 e. The van der Waals surface area contributed by atoms with Crippen molar-refractivity contribution in [1.29, 1.82) is 0 Å². The molecule has 1 saturated carbocycles. The summed E-state index contributed by atoms with van der Waals surface area (Å²) >= 11 is 17.9. The van der Waals surface area contributed by atoms with E-state index in [0.717, 1.165) is 19.3 Å². The summed E-state index contributed by atoms with van der Waals surface area (Å²) in [7, 11) is 0. The average Bonchev–Trinajstić information content (AvgIpc) is 3.20. The summed E-state index contributed by atoms with van der Waals surface area (Å²) in [5.74, 6) is 1.20. The molecule has 0 spiro atoms. The van der Waals surface area contributed by atoms with Crippen molar-refractivity contribution in [3.8, 4) is 11.4 Å². The Hall–Kier alpha value is 0.0900. The van der Waals surface area contributed by atoms with Crippen LogP contribution in [0, 0.1) is 3.57 Å². The van der Waals surface area contributed by atoms with Gasteiger partial charge in [-0.15, -0.1) is 0 Å². The summed E-state index contributed by atoms with van der Waals surface area (Å²) in [5, 5.41) is 1.20. The second-order valence-corrected chi connectivity index (χ2v) is 7.14. The van der Waals surface area contributed by atoms with Crippen molar-refractivity contribution in [2.24, 2.45) is 0 Å². The molecule has 0 amide bonds. The fraction of sp³-hybridized carbons (Fsp3) is 0.231. The summed E-state index contributed by atoms with van der Waals surface area (Å²) < 4.78 is 1.80. The van der Waals surface area contributed by atoms with E-state index in [9.17, 15) is 0 Å². The third-order valence-corrected chi connectivity index (χ3v) is 5.85. The molecule has 0 N–H and O–H groups in total. The molecule has 1 aromatic heterocycles. The number of rotatable bonds is 2. The van der Waals surface area contributed by atoms with Crippen molar-refractivity contribution in [2.75, 3.05) is 0 Å². The number of benzene rings is 1. The Balaban J connectivity index is 2.11. The number of halogens is 4. The Morgan fingerprint density at radius 3 is 2.58 bits per heavy atom. The van der Waals surface area contributed by atoms with E-state index in [1.54, 1.807) is 0 Å². The highest BCUT2D eigenvalue weighted by Crippen LogP contribution is 2.43. The van der Waals surface area contributed by atoms with Gasteiger partial charge in [-0.3, -0.25) is 0 Å². The van der Waals surface area contributed by atoms with Gasteiger partial charge in [0.1, 0.15) is 5.15 Å². The first-order valence-corrected chi connectivity index (χ1v) is 8.37. The van der Waals surface area contributed by atoms with Gasteiger partial charge in [0, 0.05) is 16.0 Å². The Labute approximate surface area is 143 Å². The predicted octanol–water partition coefficient (Wildman–Crippen LogP) is 5.69. The van der Waals surface area contributed by atoms with Gasteiger partial charge in [0.25, 0.3) is 0 Å². The SMILES string of the molecule is Clc1ccc(-c2nc(Cl)c(I)c(C3CC3)n2)cc1Br. The predicted molar refractivity (Wildman–Crippen MR) is 89.9 cm³/mol. The molecule has 1 aliphatic rings. The highest BCUT2D eigenvalue weighted by molar-refractivity contribution is 14.1. The molecule has 0 unspecified atom stereocenters. The van der Waals surface area contributed by atoms with E-state index in [1.165, 1.54) is 12.8 Å². The van der Waals surface area contributed by atoms with E-state index in [0.29, 0.717) is 21.9 Å². The molecule has 3 rings (SSSR count). The zero-order valence-electron chi connectivity index (χ0n) is 9.63. The maximum atomic E-state index is 6.22. The van der Waals surface area contributed by atoms with Gasteiger partial charge in [0.15, 0.2) is 5.82 Å². The molecule has 0 bridgehead atoms. The first-order chi connectivity index (χ1) is 9.06. The van der Waals surface area contributed by atoms with E-state index in [1.807, 2.05) is 18.2 Å². The van der Waals surface area contributed by atoms with Crippen LogP contribution in [0.2, 0.25) is 10.2 Å². The van der Waals surface area contributed by atoms with Crippen molar-refractivity contribution in [3.05, 3.63) is 42.1 Å². The van der Waals surface area contributed by atoms with Crippen LogP contribution < -0.4 is 0 Å². The second-order valence-electron chi connectivity index (χ2n) is 4.44. The van der Waals surface area contributed by atoms with E-state index in [2.05, 4.69) is 48.5 Å². The van der Waals surface area contributed by atoms with Crippen molar-refractivity contribution >= 4 is 61.7 Å². The smallest absolute Gasteiger partial charge is 0.161 e. The van der Waals surface area contributed by atoms with Gasteiger partial charge in [-0.1, -0.05) is 23.2 Å². The van der Waals surface area contributed by atoms with Gasteiger partial charge < -0.3 is 0 Å². The number of hydrogen-bond donors (Lipinski definition) is 0. The maximum Gasteiger partial charge on any atom is 0.161 e. The van der Waals surface area contributed by atoms with Gasteiger partial charge in [-0.2, -0.15) is 0 Å². The fourth-order valence-electron chi connectivity index (χ4n) is 1.83. The molecule has 0 saturated heterocycles. The zero-order chi connectivity index (χ0) is 13.6. The third-order valence-electron chi connectivity index (χ3n) is 2.98. The molecule has 1 aliphatic carbocycles. The molecule has 1 aromatic carbocycles. The normalized spacial score (nSPS) is 14.7. The minimum absolute atomic E-state index is 0.526. The topological polar surface area (TPSA) is 25.8 Å². The second kappa shape index (κ2) is 5.47. The van der Waals surface area contributed by atoms with Crippen LogP contribution in [0.5, 0.6) is 0 Å². The van der Waals surface area contributed by atoms with Crippen LogP contribution in [0.15, 0.2) is 22.7 Å². The minimum Gasteiger partial charge on any atom is -0.232 e. The summed E-state index contributed by atoms with van der Waals surface area (Å²) in [5.41, 5.74) is 1.98. The number of nitrogens with zero attached hydrogens (tertiary/aromatic N) is 2. The zero-order valence-corrected chi connectivity index (χ0v) is 14.9. The highest BCUT2D eigenvalue weighted by atomic mass is 127. The lowest BCUT2D eigenvalue weighted by molar-refractivity contribution is 0.978. The van der Waals surface area contributed by atoms with Crippen LogP contribution >= 0.6 is 61.7 Å². The lowest BCUT2D eigenvalue weighted by Crippen LogP contribution is -1.99. The summed E-state index contributed by atoms with van der Waals surface area (Å²) in [6.07, 6.45) is 2.38. The molecule has 19 heavy (non-hydrogen) atoms. The number of aromatic nitrogens is 2. The van der Waals surface area contributed by atoms with Gasteiger partial charge in [0.2, 0.25) is 0 Å². The Morgan fingerprint density at radius 2 is 1.95 bits per heavy atom. The summed E-state index contributed by atoms with van der Waals surface area (Å²) in [6, 6.07) is 5.65. The Morgan fingerprint density at radius 1 is 1.21 bits per heavy atom. The molecule has 0 aliphatic heterocycles. The summed E-state index contributed by atoms with van der Waals surface area (Å²) in [6.45, 7) is 0. The van der Waals surface area contributed by atoms with Crippen LogP contribution in [-0.2, 0) is 0 Å². The number of hydrogen-bond acceptors (Lipinski definition) is 2. The van der Waals surface area contributed by atoms with Gasteiger partial charge in [-0.25, -0.2) is 9.97 Å². The van der Waals surface area contributed by atoms with Gasteiger partial charge in [0.05, 0.1) is 14.3 Å². The van der Waals surface area contributed by atoms with Crippen molar-refractivity contribution in [3.63, 3.8) is 0 Å². The van der Waals surface area contributed by atoms with E-state index < -0.39 is 0 Å². The van der Waals surface area contributed by atoms with E-state index in [-0.39, 0.29) is 0 Å². The first kappa shape index (κ1) is 14.0. The molecular weight excluding hydrogens is 462 g/mol. The van der Waals surface area contributed by atoms with Crippen LogP contribution in [-0.4, -0.2) is 9.97 Å². The molecule has 1 fully saturated rings. The highest BCUT2D eigenvalue weighted by Gasteiger charge is 2.29. The van der Waals surface area contributed by atoms with Gasteiger partial charge >= 0.3 is 0 Å². The Kier molecular flexibility index (Phi) is 4.04. The maximum absolute atomic E-state index is 6.22. The molecule has 1 heterocycles. The van der Waals surface area contributed by atoms with Crippen LogP contribution in [0.4, 0.5) is 0 Å². The average molecular weight is 470 g/mol. The quantitative estimate of drug-likeness (QED) is 0.417.